The van der Waals surface area contributed by atoms with Crippen molar-refractivity contribution in [3.8, 4) is 11.6 Å². The van der Waals surface area contributed by atoms with Gasteiger partial charge in [-0.3, -0.25) is 0 Å². The molecule has 0 bridgehead atoms. The van der Waals surface area contributed by atoms with Crippen LogP contribution in [0.2, 0.25) is 0 Å². The first-order valence-electron chi connectivity index (χ1n) is 7.02. The van der Waals surface area contributed by atoms with Crippen molar-refractivity contribution < 1.29 is 4.74 Å². The Morgan fingerprint density at radius 1 is 1.05 bits per heavy atom. The van der Waals surface area contributed by atoms with E-state index in [0.29, 0.717) is 12.4 Å². The number of benzene rings is 2. The minimum Gasteiger partial charge on any atom is -0.439 e. The molecule has 0 radical (unpaired) electrons. The Hall–Kier alpha value is -2.39. The molecule has 1 heterocycles. The molecule has 2 aromatic carbocycles. The van der Waals surface area contributed by atoms with Gasteiger partial charge in [0.05, 0.1) is 5.52 Å². The average molecular weight is 278 g/mol. The standard InChI is InChI=1S/C18H18N2O/c1-12-6-5-9-17(13(12)2)21-18-10-14(11-19)15-7-3-4-8-16(15)20-18/h3-10H,11,19H2,1-2H3. The Morgan fingerprint density at radius 2 is 1.86 bits per heavy atom. The van der Waals surface area contributed by atoms with Gasteiger partial charge in [-0.2, -0.15) is 0 Å². The average Bonchev–Trinajstić information content (AvgIpc) is 2.51. The first-order chi connectivity index (χ1) is 10.2. The molecule has 3 nitrogen and oxygen atoms in total. The largest absolute Gasteiger partial charge is 0.439 e. The van der Waals surface area contributed by atoms with Crippen LogP contribution >= 0.6 is 0 Å². The lowest BCUT2D eigenvalue weighted by Gasteiger charge is -2.12. The highest BCUT2D eigenvalue weighted by molar-refractivity contribution is 5.82. The number of aromatic nitrogens is 1. The summed E-state index contributed by atoms with van der Waals surface area (Å²) in [5, 5.41) is 1.08. The summed E-state index contributed by atoms with van der Waals surface area (Å²) in [6.07, 6.45) is 0. The molecule has 0 unspecified atom stereocenters. The van der Waals surface area contributed by atoms with Crippen LogP contribution < -0.4 is 10.5 Å². The number of rotatable bonds is 3. The summed E-state index contributed by atoms with van der Waals surface area (Å²) in [6.45, 7) is 4.59. The Labute approximate surface area is 124 Å². The molecular formula is C18H18N2O. The molecule has 0 aliphatic carbocycles. The summed E-state index contributed by atoms with van der Waals surface area (Å²) < 4.78 is 5.97. The molecule has 21 heavy (non-hydrogen) atoms. The van der Waals surface area contributed by atoms with E-state index in [1.807, 2.05) is 42.5 Å². The first-order valence-corrected chi connectivity index (χ1v) is 7.02. The Morgan fingerprint density at radius 3 is 2.67 bits per heavy atom. The molecule has 106 valence electrons. The Balaban J connectivity index is 2.07. The first kappa shape index (κ1) is 13.6. The van der Waals surface area contributed by atoms with E-state index in [2.05, 4.69) is 24.9 Å². The van der Waals surface area contributed by atoms with Crippen molar-refractivity contribution in [1.29, 1.82) is 0 Å². The fraction of sp³-hybridized carbons (Fsp3) is 0.167. The fourth-order valence-electron chi connectivity index (χ4n) is 2.39. The summed E-state index contributed by atoms with van der Waals surface area (Å²) in [5.74, 6) is 1.42. The molecule has 0 aliphatic rings. The number of hydrogen-bond donors (Lipinski definition) is 1. The fourth-order valence-corrected chi connectivity index (χ4v) is 2.39. The predicted molar refractivity (Wildman–Crippen MR) is 85.6 cm³/mol. The second-order valence-electron chi connectivity index (χ2n) is 5.14. The van der Waals surface area contributed by atoms with Crippen molar-refractivity contribution in [3.63, 3.8) is 0 Å². The lowest BCUT2D eigenvalue weighted by Crippen LogP contribution is -2.00. The summed E-state index contributed by atoms with van der Waals surface area (Å²) in [7, 11) is 0. The van der Waals surface area contributed by atoms with Crippen LogP contribution in [-0.2, 0) is 6.54 Å². The van der Waals surface area contributed by atoms with E-state index in [0.717, 1.165) is 27.8 Å². The normalized spacial score (nSPS) is 10.8. The highest BCUT2D eigenvalue weighted by Crippen LogP contribution is 2.28. The highest BCUT2D eigenvalue weighted by Gasteiger charge is 2.08. The van der Waals surface area contributed by atoms with Crippen LogP contribution in [0.1, 0.15) is 16.7 Å². The number of nitrogens with two attached hydrogens (primary N) is 1. The van der Waals surface area contributed by atoms with Gasteiger partial charge in [0.1, 0.15) is 5.75 Å². The SMILES string of the molecule is Cc1cccc(Oc2cc(CN)c3ccccc3n2)c1C. The van der Waals surface area contributed by atoms with Crippen LogP contribution in [-0.4, -0.2) is 4.98 Å². The van der Waals surface area contributed by atoms with Gasteiger partial charge in [0, 0.05) is 18.0 Å². The summed E-state index contributed by atoms with van der Waals surface area (Å²) in [6, 6.07) is 15.9. The molecule has 3 heteroatoms. The zero-order chi connectivity index (χ0) is 14.8. The van der Waals surface area contributed by atoms with E-state index in [1.165, 1.54) is 5.56 Å². The van der Waals surface area contributed by atoms with E-state index in [1.54, 1.807) is 0 Å². The van der Waals surface area contributed by atoms with Crippen LogP contribution in [0.3, 0.4) is 0 Å². The van der Waals surface area contributed by atoms with Gasteiger partial charge in [0.15, 0.2) is 0 Å². The van der Waals surface area contributed by atoms with Gasteiger partial charge in [-0.1, -0.05) is 30.3 Å². The van der Waals surface area contributed by atoms with Gasteiger partial charge >= 0.3 is 0 Å². The van der Waals surface area contributed by atoms with Crippen LogP contribution in [0.25, 0.3) is 10.9 Å². The smallest absolute Gasteiger partial charge is 0.220 e. The number of hydrogen-bond acceptors (Lipinski definition) is 3. The molecule has 0 fully saturated rings. The molecule has 0 amide bonds. The maximum Gasteiger partial charge on any atom is 0.220 e. The van der Waals surface area contributed by atoms with Crippen molar-refractivity contribution in [1.82, 2.24) is 4.98 Å². The van der Waals surface area contributed by atoms with Crippen molar-refractivity contribution in [2.24, 2.45) is 5.73 Å². The molecule has 0 saturated heterocycles. The third kappa shape index (κ3) is 2.60. The molecule has 0 aliphatic heterocycles. The third-order valence-corrected chi connectivity index (χ3v) is 3.77. The Kier molecular flexibility index (Phi) is 3.59. The summed E-state index contributed by atoms with van der Waals surface area (Å²) in [5.41, 5.74) is 10.1. The Bertz CT molecular complexity index is 796. The number of pyridine rings is 1. The third-order valence-electron chi connectivity index (χ3n) is 3.77. The predicted octanol–water partition coefficient (Wildman–Crippen LogP) is 4.10. The second kappa shape index (κ2) is 5.54. The van der Waals surface area contributed by atoms with Crippen LogP contribution in [0.5, 0.6) is 11.6 Å². The van der Waals surface area contributed by atoms with Gasteiger partial charge in [0.25, 0.3) is 0 Å². The molecule has 2 N–H and O–H groups in total. The molecule has 0 saturated carbocycles. The van der Waals surface area contributed by atoms with E-state index >= 15 is 0 Å². The number of nitrogens with zero attached hydrogens (tertiary/aromatic N) is 1. The van der Waals surface area contributed by atoms with E-state index in [4.69, 9.17) is 10.5 Å². The zero-order valence-corrected chi connectivity index (χ0v) is 12.3. The minimum absolute atomic E-state index is 0.464. The monoisotopic (exact) mass is 278 g/mol. The van der Waals surface area contributed by atoms with Crippen molar-refractivity contribution in [3.05, 3.63) is 65.2 Å². The minimum atomic E-state index is 0.464. The van der Waals surface area contributed by atoms with Crippen molar-refractivity contribution >= 4 is 10.9 Å². The van der Waals surface area contributed by atoms with Crippen LogP contribution in [0.15, 0.2) is 48.5 Å². The van der Waals surface area contributed by atoms with Crippen molar-refractivity contribution in [2.45, 2.75) is 20.4 Å². The van der Waals surface area contributed by atoms with E-state index < -0.39 is 0 Å². The maximum absolute atomic E-state index is 5.97. The molecule has 3 rings (SSSR count). The summed E-state index contributed by atoms with van der Waals surface area (Å²) >= 11 is 0. The van der Waals surface area contributed by atoms with Gasteiger partial charge in [-0.05, 0) is 42.7 Å². The van der Waals surface area contributed by atoms with E-state index in [-0.39, 0.29) is 0 Å². The molecule has 1 aromatic heterocycles. The number of para-hydroxylation sites is 1. The molecule has 3 aromatic rings. The molecule has 0 spiro atoms. The maximum atomic E-state index is 5.97. The topological polar surface area (TPSA) is 48.1 Å². The van der Waals surface area contributed by atoms with Crippen LogP contribution in [0.4, 0.5) is 0 Å². The number of fused-ring (bicyclic) bond motifs is 1. The lowest BCUT2D eigenvalue weighted by molar-refractivity contribution is 0.460. The van der Waals surface area contributed by atoms with Gasteiger partial charge in [-0.15, -0.1) is 0 Å². The lowest BCUT2D eigenvalue weighted by atomic mass is 10.1. The van der Waals surface area contributed by atoms with Crippen LogP contribution in [0, 0.1) is 13.8 Å². The highest BCUT2D eigenvalue weighted by atomic mass is 16.5. The van der Waals surface area contributed by atoms with Gasteiger partial charge in [-0.25, -0.2) is 4.98 Å². The van der Waals surface area contributed by atoms with Gasteiger partial charge < -0.3 is 10.5 Å². The number of ether oxygens (including phenoxy) is 1. The summed E-state index contributed by atoms with van der Waals surface area (Å²) in [4.78, 5) is 4.57. The quantitative estimate of drug-likeness (QED) is 0.784. The zero-order valence-electron chi connectivity index (χ0n) is 12.3. The molecular weight excluding hydrogens is 260 g/mol. The second-order valence-corrected chi connectivity index (χ2v) is 5.14. The van der Waals surface area contributed by atoms with E-state index in [9.17, 15) is 0 Å². The van der Waals surface area contributed by atoms with Crippen molar-refractivity contribution in [2.75, 3.05) is 0 Å². The van der Waals surface area contributed by atoms with Gasteiger partial charge in [0.2, 0.25) is 5.88 Å². The number of aryl methyl sites for hydroxylation is 1. The molecule has 0 atom stereocenters.